The van der Waals surface area contributed by atoms with Crippen LogP contribution in [0.1, 0.15) is 48.2 Å². The van der Waals surface area contributed by atoms with Gasteiger partial charge >= 0.3 is 29.6 Å². The number of hydrogen-bond acceptors (Lipinski definition) is 3. The van der Waals surface area contributed by atoms with Gasteiger partial charge in [0.05, 0.1) is 16.7 Å². The number of carboxylic acids is 1. The molecule has 2 aromatic rings. The molecule has 3 rings (SSSR count). The first-order chi connectivity index (χ1) is 12.0. The average molecular weight is 403 g/mol. The van der Waals surface area contributed by atoms with Crippen LogP contribution in [0.5, 0.6) is 0 Å². The fourth-order valence-electron chi connectivity index (χ4n) is 3.26. The molecule has 1 aromatic heterocycles. The number of H-pyrrole nitrogens is 1. The van der Waals surface area contributed by atoms with E-state index < -0.39 is 5.97 Å². The van der Waals surface area contributed by atoms with Gasteiger partial charge in [-0.1, -0.05) is 42.5 Å². The molecule has 1 amide bonds. The maximum atomic E-state index is 12.1. The number of nitrogens with one attached hydrogen (secondary N) is 2. The van der Waals surface area contributed by atoms with Gasteiger partial charge in [-0.05, 0) is 31.1 Å². The fraction of sp³-hybridized carbons (Fsp3) is 0.333. The number of fused-ring (bicyclic) bond motifs is 1. The fourth-order valence-corrected chi connectivity index (χ4v) is 3.85. The molecule has 132 valence electrons. The second kappa shape index (κ2) is 9.29. The molecule has 0 aliphatic heterocycles. The van der Waals surface area contributed by atoms with Crippen molar-refractivity contribution in [3.63, 3.8) is 0 Å². The van der Waals surface area contributed by atoms with Crippen molar-refractivity contribution >= 4 is 52.1 Å². The van der Waals surface area contributed by atoms with Gasteiger partial charge < -0.3 is 20.2 Å². The van der Waals surface area contributed by atoms with E-state index in [0.717, 1.165) is 25.7 Å². The van der Waals surface area contributed by atoms with Crippen molar-refractivity contribution in [3.05, 3.63) is 39.5 Å². The Balaban J connectivity index is 0.00000243. The molecular weight excluding hydrogens is 386 g/mol. The summed E-state index contributed by atoms with van der Waals surface area (Å²) in [6.07, 6.45) is 8.15. The van der Waals surface area contributed by atoms with Crippen LogP contribution >= 0.6 is 23.2 Å². The van der Waals surface area contributed by atoms with E-state index in [9.17, 15) is 14.7 Å². The molecular formula is C18H17Cl2N2NaO3. The molecule has 2 N–H and O–H groups in total. The van der Waals surface area contributed by atoms with Crippen LogP contribution in [0.3, 0.4) is 0 Å². The minimum Gasteiger partial charge on any atom is -0.543 e. The Morgan fingerprint density at radius 2 is 1.88 bits per heavy atom. The summed E-state index contributed by atoms with van der Waals surface area (Å²) in [6, 6.07) is 3.28. The van der Waals surface area contributed by atoms with Crippen molar-refractivity contribution in [2.24, 2.45) is 0 Å². The van der Waals surface area contributed by atoms with Crippen molar-refractivity contribution in [1.29, 1.82) is 0 Å². The van der Waals surface area contributed by atoms with Crippen molar-refractivity contribution in [2.45, 2.75) is 38.1 Å². The molecule has 0 saturated heterocycles. The summed E-state index contributed by atoms with van der Waals surface area (Å²) < 4.78 is 0. The predicted octanol–water partition coefficient (Wildman–Crippen LogP) is 0.304. The third-order valence-corrected chi connectivity index (χ3v) is 4.93. The van der Waals surface area contributed by atoms with Gasteiger partial charge in [0, 0.05) is 33.6 Å². The summed E-state index contributed by atoms with van der Waals surface area (Å²) >= 11 is 12.2. The zero-order valence-corrected chi connectivity index (χ0v) is 17.9. The van der Waals surface area contributed by atoms with E-state index in [2.05, 4.69) is 10.3 Å². The van der Waals surface area contributed by atoms with Crippen LogP contribution in [-0.2, 0) is 4.79 Å². The number of carboxylic acid groups (broad SMARTS) is 1. The van der Waals surface area contributed by atoms with Gasteiger partial charge in [0.1, 0.15) is 0 Å². The summed E-state index contributed by atoms with van der Waals surface area (Å²) in [7, 11) is 0. The number of halogens is 2. The SMILES string of the molecule is O=C(/C=C/c1c(C(=O)[O-])[nH]c2cc(Cl)cc(Cl)c12)NC1CCCCC1.[Na+]. The Hall–Kier alpha value is -0.980. The number of aromatic amines is 1. The van der Waals surface area contributed by atoms with Gasteiger partial charge in [-0.15, -0.1) is 0 Å². The van der Waals surface area contributed by atoms with Gasteiger partial charge in [-0.2, -0.15) is 0 Å². The maximum Gasteiger partial charge on any atom is 1.00 e. The number of carbonyl (C=O) groups excluding carboxylic acids is 2. The molecule has 5 nitrogen and oxygen atoms in total. The Morgan fingerprint density at radius 1 is 1.19 bits per heavy atom. The summed E-state index contributed by atoms with van der Waals surface area (Å²) in [4.78, 5) is 26.3. The normalized spacial score (nSPS) is 15.2. The first-order valence-electron chi connectivity index (χ1n) is 8.16. The summed E-state index contributed by atoms with van der Waals surface area (Å²) in [5, 5.41) is 15.5. The standard InChI is InChI=1S/C18H18Cl2N2O3.Na/c19-10-8-13(20)16-12(17(18(24)25)22-14(16)9-10)6-7-15(23)21-11-4-2-1-3-5-11;/h6-9,11,22H,1-5H2,(H,21,23)(H,24,25);/q;+1/p-1/b7-6+;. The quantitative estimate of drug-likeness (QED) is 0.569. The molecule has 0 unspecified atom stereocenters. The number of benzene rings is 1. The molecule has 0 bridgehead atoms. The summed E-state index contributed by atoms with van der Waals surface area (Å²) in [5.41, 5.74) is 0.639. The van der Waals surface area contributed by atoms with Crippen molar-refractivity contribution in [2.75, 3.05) is 0 Å². The number of aromatic nitrogens is 1. The third-order valence-electron chi connectivity index (χ3n) is 4.41. The Labute approximate surface area is 183 Å². The maximum absolute atomic E-state index is 12.1. The largest absolute Gasteiger partial charge is 1.00 e. The van der Waals surface area contributed by atoms with E-state index in [1.165, 1.54) is 24.6 Å². The van der Waals surface area contributed by atoms with E-state index in [-0.39, 0.29) is 47.2 Å². The molecule has 8 heteroatoms. The van der Waals surface area contributed by atoms with Gasteiger partial charge in [-0.25, -0.2) is 0 Å². The van der Waals surface area contributed by atoms with Gasteiger partial charge in [0.2, 0.25) is 5.91 Å². The molecule has 1 aliphatic rings. The van der Waals surface area contributed by atoms with Crippen LogP contribution in [0, 0.1) is 0 Å². The number of rotatable bonds is 4. The van der Waals surface area contributed by atoms with Crippen molar-refractivity contribution in [3.8, 4) is 0 Å². The summed E-state index contributed by atoms with van der Waals surface area (Å²) in [5.74, 6) is -1.63. The first kappa shape index (κ1) is 21.3. The third kappa shape index (κ3) is 4.84. The van der Waals surface area contributed by atoms with E-state index >= 15 is 0 Å². The summed E-state index contributed by atoms with van der Waals surface area (Å²) in [6.45, 7) is 0. The van der Waals surface area contributed by atoms with Gasteiger partial charge in [0.15, 0.2) is 0 Å². The molecule has 0 radical (unpaired) electrons. The van der Waals surface area contributed by atoms with Crippen LogP contribution in [-0.4, -0.2) is 22.9 Å². The van der Waals surface area contributed by atoms with E-state index in [1.807, 2.05) is 0 Å². The second-order valence-corrected chi connectivity index (χ2v) is 7.03. The Bertz CT molecular complexity index is 858. The molecule has 1 fully saturated rings. The van der Waals surface area contributed by atoms with Crippen molar-refractivity contribution < 1.29 is 44.3 Å². The van der Waals surface area contributed by atoms with Gasteiger partial charge in [-0.3, -0.25) is 4.79 Å². The molecule has 1 aromatic carbocycles. The molecule has 1 heterocycles. The van der Waals surface area contributed by atoms with E-state index in [4.69, 9.17) is 23.2 Å². The van der Waals surface area contributed by atoms with Gasteiger partial charge in [0.25, 0.3) is 0 Å². The predicted molar refractivity (Wildman–Crippen MR) is 96.7 cm³/mol. The number of amides is 1. The first-order valence-corrected chi connectivity index (χ1v) is 8.92. The van der Waals surface area contributed by atoms with Crippen LogP contribution in [0.25, 0.3) is 17.0 Å². The number of hydrogen-bond donors (Lipinski definition) is 2. The zero-order chi connectivity index (χ0) is 18.0. The number of carbonyl (C=O) groups is 2. The van der Waals surface area contributed by atoms with Crippen LogP contribution in [0.4, 0.5) is 0 Å². The molecule has 1 saturated carbocycles. The molecule has 0 atom stereocenters. The van der Waals surface area contributed by atoms with Crippen LogP contribution in [0.2, 0.25) is 10.0 Å². The number of aromatic carboxylic acids is 1. The zero-order valence-electron chi connectivity index (χ0n) is 14.4. The monoisotopic (exact) mass is 402 g/mol. The Kier molecular flexibility index (Phi) is 7.62. The minimum absolute atomic E-state index is 0. The van der Waals surface area contributed by atoms with Crippen LogP contribution in [0.15, 0.2) is 18.2 Å². The van der Waals surface area contributed by atoms with E-state index in [1.54, 1.807) is 6.07 Å². The topological polar surface area (TPSA) is 85.0 Å². The van der Waals surface area contributed by atoms with E-state index in [0.29, 0.717) is 26.5 Å². The van der Waals surface area contributed by atoms with Crippen molar-refractivity contribution in [1.82, 2.24) is 10.3 Å². The molecule has 26 heavy (non-hydrogen) atoms. The smallest absolute Gasteiger partial charge is 0.543 e. The molecule has 1 aliphatic carbocycles. The minimum atomic E-state index is -1.38. The molecule has 0 spiro atoms. The Morgan fingerprint density at radius 3 is 2.54 bits per heavy atom. The average Bonchev–Trinajstić information content (AvgIpc) is 2.93. The second-order valence-electron chi connectivity index (χ2n) is 6.19. The van der Waals surface area contributed by atoms with Crippen LogP contribution < -0.4 is 40.0 Å².